The molecule has 6 heteroatoms. The van der Waals surface area contributed by atoms with Crippen LogP contribution in [0.5, 0.6) is 0 Å². The highest BCUT2D eigenvalue weighted by Gasteiger charge is 2.21. The fourth-order valence-electron chi connectivity index (χ4n) is 1.93. The quantitative estimate of drug-likeness (QED) is 0.504. The van der Waals surface area contributed by atoms with Gasteiger partial charge in [-0.15, -0.1) is 0 Å². The largest absolute Gasteiger partial charge is 0.468 e. The summed E-state index contributed by atoms with van der Waals surface area (Å²) in [4.78, 5) is 26.8. The predicted octanol–water partition coefficient (Wildman–Crippen LogP) is -0.697. The van der Waals surface area contributed by atoms with Crippen LogP contribution in [0.25, 0.3) is 0 Å². The third-order valence-electron chi connectivity index (χ3n) is 3.07. The topological polar surface area (TPSA) is 61.9 Å². The second-order valence-electron chi connectivity index (χ2n) is 4.34. The van der Waals surface area contributed by atoms with Crippen molar-refractivity contribution in [3.05, 3.63) is 0 Å². The summed E-state index contributed by atoms with van der Waals surface area (Å²) in [6.07, 6.45) is 0.546. The van der Waals surface area contributed by atoms with Crippen molar-refractivity contribution in [2.45, 2.75) is 13.3 Å². The van der Waals surface area contributed by atoms with Gasteiger partial charge in [0, 0.05) is 39.1 Å². The summed E-state index contributed by atoms with van der Waals surface area (Å²) < 4.78 is 4.62. The Balaban J connectivity index is 2.22. The van der Waals surface area contributed by atoms with Gasteiger partial charge in [-0.2, -0.15) is 0 Å². The molecule has 104 valence electrons. The van der Waals surface area contributed by atoms with E-state index in [1.807, 2.05) is 16.7 Å². The summed E-state index contributed by atoms with van der Waals surface area (Å²) in [7, 11) is 1.39. The summed E-state index contributed by atoms with van der Waals surface area (Å²) in [5.74, 6) is -0.0319. The van der Waals surface area contributed by atoms with E-state index in [0.29, 0.717) is 26.1 Å². The Hall–Kier alpha value is -1.14. The number of carbonyl (C=O) groups excluding carboxylic acids is 2. The van der Waals surface area contributed by atoms with Crippen LogP contribution in [0.15, 0.2) is 0 Å². The Kier molecular flexibility index (Phi) is 6.67. The van der Waals surface area contributed by atoms with Crippen LogP contribution in [-0.2, 0) is 14.3 Å². The summed E-state index contributed by atoms with van der Waals surface area (Å²) in [5, 5.41) is 3.14. The molecule has 6 nitrogen and oxygen atoms in total. The minimum Gasteiger partial charge on any atom is -0.468 e. The van der Waals surface area contributed by atoms with Gasteiger partial charge in [-0.25, -0.2) is 0 Å². The Morgan fingerprint density at radius 2 is 1.89 bits per heavy atom. The molecule has 1 fully saturated rings. The number of hydrogen-bond acceptors (Lipinski definition) is 5. The maximum absolute atomic E-state index is 11.8. The van der Waals surface area contributed by atoms with E-state index in [1.165, 1.54) is 7.11 Å². The summed E-state index contributed by atoms with van der Waals surface area (Å²) in [6, 6.07) is 0. The number of amides is 1. The lowest BCUT2D eigenvalue weighted by molar-refractivity contribution is -0.142. The fourth-order valence-corrected chi connectivity index (χ4v) is 1.93. The predicted molar refractivity (Wildman–Crippen MR) is 68.2 cm³/mol. The van der Waals surface area contributed by atoms with E-state index in [1.54, 1.807) is 0 Å². The number of piperazine rings is 1. The molecule has 0 atom stereocenters. The Bertz CT molecular complexity index is 276. The first-order valence-corrected chi connectivity index (χ1v) is 6.45. The Labute approximate surface area is 108 Å². The van der Waals surface area contributed by atoms with E-state index >= 15 is 0 Å². The number of esters is 1. The lowest BCUT2D eigenvalue weighted by Crippen LogP contribution is -2.50. The van der Waals surface area contributed by atoms with Gasteiger partial charge < -0.3 is 15.0 Å². The van der Waals surface area contributed by atoms with Crippen LogP contribution in [-0.4, -0.2) is 74.6 Å². The van der Waals surface area contributed by atoms with Crippen molar-refractivity contribution in [1.29, 1.82) is 0 Å². The molecule has 18 heavy (non-hydrogen) atoms. The van der Waals surface area contributed by atoms with Gasteiger partial charge in [0.15, 0.2) is 0 Å². The Morgan fingerprint density at radius 1 is 1.22 bits per heavy atom. The van der Waals surface area contributed by atoms with E-state index < -0.39 is 0 Å². The molecule has 0 unspecified atom stereocenters. The first kappa shape index (κ1) is 14.9. The van der Waals surface area contributed by atoms with Crippen LogP contribution in [0.2, 0.25) is 0 Å². The fraction of sp³-hybridized carbons (Fsp3) is 0.833. The van der Waals surface area contributed by atoms with Gasteiger partial charge in [0.25, 0.3) is 0 Å². The van der Waals surface area contributed by atoms with Crippen LogP contribution in [0, 0.1) is 0 Å². The minimum absolute atomic E-state index is 0.189. The van der Waals surface area contributed by atoms with Crippen molar-refractivity contribution < 1.29 is 14.3 Å². The molecule has 1 N–H and O–H groups in total. The van der Waals surface area contributed by atoms with Crippen LogP contribution < -0.4 is 5.32 Å². The van der Waals surface area contributed by atoms with Crippen LogP contribution >= 0.6 is 0 Å². The maximum atomic E-state index is 11.8. The van der Waals surface area contributed by atoms with Gasteiger partial charge in [0.2, 0.25) is 5.91 Å². The molecule has 0 spiro atoms. The molecular weight excluding hydrogens is 234 g/mol. The number of rotatable bonds is 6. The molecule has 1 aliphatic rings. The monoisotopic (exact) mass is 257 g/mol. The SMILES string of the molecule is CCNCCC(=O)N1CCN(CC(=O)OC)CC1. The zero-order valence-electron chi connectivity index (χ0n) is 11.3. The van der Waals surface area contributed by atoms with E-state index in [0.717, 1.165) is 26.2 Å². The molecule has 0 bridgehead atoms. The lowest BCUT2D eigenvalue weighted by atomic mass is 10.2. The van der Waals surface area contributed by atoms with Crippen molar-refractivity contribution >= 4 is 11.9 Å². The molecule has 0 aromatic heterocycles. The molecule has 1 heterocycles. The lowest BCUT2D eigenvalue weighted by Gasteiger charge is -2.34. The highest BCUT2D eigenvalue weighted by molar-refractivity contribution is 5.76. The first-order valence-electron chi connectivity index (χ1n) is 6.45. The van der Waals surface area contributed by atoms with Crippen molar-refractivity contribution in [3.8, 4) is 0 Å². The van der Waals surface area contributed by atoms with Crippen molar-refractivity contribution in [2.24, 2.45) is 0 Å². The molecule has 1 rings (SSSR count). The molecule has 0 radical (unpaired) electrons. The molecule has 1 saturated heterocycles. The normalized spacial score (nSPS) is 16.7. The highest BCUT2D eigenvalue weighted by Crippen LogP contribution is 2.03. The average Bonchev–Trinajstić information content (AvgIpc) is 2.39. The number of carbonyl (C=O) groups is 2. The molecule has 0 aromatic rings. The molecule has 1 aliphatic heterocycles. The van der Waals surface area contributed by atoms with Crippen LogP contribution in [0.3, 0.4) is 0 Å². The number of hydrogen-bond donors (Lipinski definition) is 1. The van der Waals surface area contributed by atoms with Crippen molar-refractivity contribution in [2.75, 3.05) is 52.9 Å². The highest BCUT2D eigenvalue weighted by atomic mass is 16.5. The zero-order chi connectivity index (χ0) is 13.4. The summed E-state index contributed by atoms with van der Waals surface area (Å²) in [6.45, 7) is 6.83. The third-order valence-corrected chi connectivity index (χ3v) is 3.07. The van der Waals surface area contributed by atoms with Gasteiger partial charge in [0.05, 0.1) is 13.7 Å². The van der Waals surface area contributed by atoms with E-state index in [2.05, 4.69) is 10.1 Å². The minimum atomic E-state index is -0.220. The zero-order valence-corrected chi connectivity index (χ0v) is 11.3. The molecular formula is C12H23N3O3. The second kappa shape index (κ2) is 8.05. The van der Waals surface area contributed by atoms with Gasteiger partial charge in [-0.05, 0) is 6.54 Å². The summed E-state index contributed by atoms with van der Waals surface area (Å²) in [5.41, 5.74) is 0. The average molecular weight is 257 g/mol. The number of nitrogens with zero attached hydrogens (tertiary/aromatic N) is 2. The van der Waals surface area contributed by atoms with Crippen LogP contribution in [0.4, 0.5) is 0 Å². The Morgan fingerprint density at radius 3 is 2.44 bits per heavy atom. The number of methoxy groups -OCH3 is 1. The van der Waals surface area contributed by atoms with Crippen molar-refractivity contribution in [1.82, 2.24) is 15.1 Å². The number of nitrogens with one attached hydrogen (secondary N) is 1. The molecule has 0 aromatic carbocycles. The molecule has 0 aliphatic carbocycles. The summed E-state index contributed by atoms with van der Waals surface area (Å²) >= 11 is 0. The van der Waals surface area contributed by atoms with Gasteiger partial charge in [-0.3, -0.25) is 14.5 Å². The van der Waals surface area contributed by atoms with E-state index in [9.17, 15) is 9.59 Å². The van der Waals surface area contributed by atoms with E-state index in [4.69, 9.17) is 0 Å². The smallest absolute Gasteiger partial charge is 0.319 e. The number of ether oxygens (including phenoxy) is 1. The van der Waals surface area contributed by atoms with Gasteiger partial charge in [-0.1, -0.05) is 6.92 Å². The third kappa shape index (κ3) is 5.01. The molecule has 0 saturated carbocycles. The maximum Gasteiger partial charge on any atom is 0.319 e. The second-order valence-corrected chi connectivity index (χ2v) is 4.34. The van der Waals surface area contributed by atoms with Gasteiger partial charge in [0.1, 0.15) is 0 Å². The standard InChI is InChI=1S/C12H23N3O3/c1-3-13-5-4-11(16)15-8-6-14(7-9-15)10-12(17)18-2/h13H,3-10H2,1-2H3. The van der Waals surface area contributed by atoms with E-state index in [-0.39, 0.29) is 11.9 Å². The first-order chi connectivity index (χ1) is 8.67. The van der Waals surface area contributed by atoms with Gasteiger partial charge >= 0.3 is 5.97 Å². The van der Waals surface area contributed by atoms with Crippen LogP contribution in [0.1, 0.15) is 13.3 Å². The van der Waals surface area contributed by atoms with Crippen molar-refractivity contribution in [3.63, 3.8) is 0 Å². The molecule has 1 amide bonds.